The van der Waals surface area contributed by atoms with E-state index in [4.69, 9.17) is 51.1 Å². The van der Waals surface area contributed by atoms with E-state index in [0.29, 0.717) is 49.7 Å². The second kappa shape index (κ2) is 15.7. The number of carboxylic acid groups (broad SMARTS) is 1. The summed E-state index contributed by atoms with van der Waals surface area (Å²) in [5.41, 5.74) is 1.93. The first-order valence-corrected chi connectivity index (χ1v) is 13.3. The van der Waals surface area contributed by atoms with E-state index >= 15 is 0 Å². The summed E-state index contributed by atoms with van der Waals surface area (Å²) in [5, 5.41) is 12.2. The predicted octanol–water partition coefficient (Wildman–Crippen LogP) is 5.17. The number of hydrogen-bond donors (Lipinski definition) is 2. The summed E-state index contributed by atoms with van der Waals surface area (Å²) >= 11 is 24.0. The summed E-state index contributed by atoms with van der Waals surface area (Å²) in [6.45, 7) is 7.59. The lowest BCUT2D eigenvalue weighted by Crippen LogP contribution is -2.41. The highest BCUT2D eigenvalue weighted by molar-refractivity contribution is 6.19. The molecule has 194 valence electrons. The molecule has 0 fully saturated rings. The van der Waals surface area contributed by atoms with E-state index in [0.717, 1.165) is 16.9 Å². The van der Waals surface area contributed by atoms with Crippen molar-refractivity contribution in [3.8, 4) is 0 Å². The molecule has 0 heterocycles. The second-order valence-corrected chi connectivity index (χ2v) is 10.2. The number of anilines is 2. The number of carbonyl (C=O) groups excluding carboxylic acids is 1. The highest BCUT2D eigenvalue weighted by Crippen LogP contribution is 2.29. The summed E-state index contributed by atoms with van der Waals surface area (Å²) in [7, 11) is 0. The van der Waals surface area contributed by atoms with Gasteiger partial charge in [-0.1, -0.05) is 0 Å². The molecule has 0 aromatic heterocycles. The number of rotatable bonds is 15. The maximum Gasteiger partial charge on any atom is 0.407 e. The first-order valence-electron chi connectivity index (χ1n) is 11.1. The number of ether oxygens (including phenoxy) is 1. The maximum atomic E-state index is 12.4. The smallest absolute Gasteiger partial charge is 0.407 e. The average Bonchev–Trinajstić information content (AvgIpc) is 2.71. The number of aliphatic carboxylic acids is 1. The number of nitrogens with one attached hydrogen (secondary N) is 1. The van der Waals surface area contributed by atoms with Gasteiger partial charge < -0.3 is 25.0 Å². The molecule has 1 aromatic rings. The summed E-state index contributed by atoms with van der Waals surface area (Å²) in [6, 6.07) is 5.23. The third-order valence-electron chi connectivity index (χ3n) is 4.79. The van der Waals surface area contributed by atoms with Crippen molar-refractivity contribution in [2.75, 3.05) is 59.5 Å². The van der Waals surface area contributed by atoms with E-state index in [9.17, 15) is 14.7 Å². The SMILES string of the molecule is CC(C)(C)OC(=O)N[C@H](CC(=O)O)Cc1cc(N(CCCl)CCCl)ccc1N(CCCl)CCCl. The molecule has 0 aliphatic rings. The van der Waals surface area contributed by atoms with Gasteiger partial charge in [0.15, 0.2) is 0 Å². The minimum absolute atomic E-state index is 0.263. The van der Waals surface area contributed by atoms with Crippen LogP contribution in [0.25, 0.3) is 0 Å². The Bertz CT molecular complexity index is 765. The van der Waals surface area contributed by atoms with Crippen molar-refractivity contribution in [2.24, 2.45) is 0 Å². The van der Waals surface area contributed by atoms with Gasteiger partial charge in [0.2, 0.25) is 0 Å². The fourth-order valence-corrected chi connectivity index (χ4v) is 4.31. The Hall–Kier alpha value is -1.28. The van der Waals surface area contributed by atoms with Gasteiger partial charge in [-0.05, 0) is 51.0 Å². The molecule has 0 aliphatic carbocycles. The van der Waals surface area contributed by atoms with Crippen LogP contribution in [-0.2, 0) is 16.0 Å². The van der Waals surface area contributed by atoms with E-state index in [-0.39, 0.29) is 12.8 Å². The van der Waals surface area contributed by atoms with Gasteiger partial charge in [0, 0.05) is 67.1 Å². The van der Waals surface area contributed by atoms with Crippen LogP contribution in [0.2, 0.25) is 0 Å². The molecule has 1 rings (SSSR count). The van der Waals surface area contributed by atoms with E-state index in [1.165, 1.54) is 0 Å². The molecular weight excluding hydrogens is 524 g/mol. The number of alkyl carbamates (subject to hydrolysis) is 1. The predicted molar refractivity (Wildman–Crippen MR) is 143 cm³/mol. The molecule has 7 nitrogen and oxygen atoms in total. The molecule has 0 bridgehead atoms. The van der Waals surface area contributed by atoms with Crippen molar-refractivity contribution in [1.82, 2.24) is 5.32 Å². The lowest BCUT2D eigenvalue weighted by molar-refractivity contribution is -0.137. The van der Waals surface area contributed by atoms with Crippen LogP contribution in [-0.4, -0.2) is 78.5 Å². The summed E-state index contributed by atoms with van der Waals surface area (Å²) in [5.74, 6) is 0.637. The molecule has 0 saturated heterocycles. The van der Waals surface area contributed by atoms with Crippen molar-refractivity contribution in [3.05, 3.63) is 23.8 Å². The molecule has 11 heteroatoms. The molecule has 34 heavy (non-hydrogen) atoms. The van der Waals surface area contributed by atoms with Crippen LogP contribution in [0.3, 0.4) is 0 Å². The minimum Gasteiger partial charge on any atom is -0.481 e. The van der Waals surface area contributed by atoms with E-state index in [1.54, 1.807) is 20.8 Å². The molecule has 0 unspecified atom stereocenters. The zero-order valence-corrected chi connectivity index (χ0v) is 23.0. The van der Waals surface area contributed by atoms with Crippen molar-refractivity contribution < 1.29 is 19.4 Å². The number of hydrogen-bond acceptors (Lipinski definition) is 5. The minimum atomic E-state index is -1.02. The van der Waals surface area contributed by atoms with Gasteiger partial charge in [-0.15, -0.1) is 46.4 Å². The van der Waals surface area contributed by atoms with Gasteiger partial charge in [0.05, 0.1) is 6.42 Å². The summed E-state index contributed by atoms with van der Waals surface area (Å²) < 4.78 is 5.34. The molecule has 0 aliphatic heterocycles. The van der Waals surface area contributed by atoms with Gasteiger partial charge in [0.25, 0.3) is 0 Å². The van der Waals surface area contributed by atoms with Crippen molar-refractivity contribution in [1.29, 1.82) is 0 Å². The van der Waals surface area contributed by atoms with Crippen molar-refractivity contribution in [2.45, 2.75) is 45.3 Å². The Balaban J connectivity index is 3.39. The van der Waals surface area contributed by atoms with Crippen molar-refractivity contribution >= 4 is 69.8 Å². The monoisotopic (exact) mass is 557 g/mol. The van der Waals surface area contributed by atoms with E-state index in [2.05, 4.69) is 15.1 Å². The number of amides is 1. The summed E-state index contributed by atoms with van der Waals surface area (Å²) in [6.07, 6.45) is -0.660. The Morgan fingerprint density at radius 1 is 0.971 bits per heavy atom. The molecule has 0 spiro atoms. The highest BCUT2D eigenvalue weighted by atomic mass is 35.5. The number of carboxylic acids is 1. The standard InChI is InChI=1S/C23H35Cl4N3O4/c1-23(2,3)34-22(33)28-18(16-21(31)32)14-17-15-19(29(10-6-24)11-7-25)4-5-20(17)30(12-8-26)13-9-27/h4-5,15,18H,6-14,16H2,1-3H3,(H,28,33)(H,31,32)/t18-/m0/s1. The van der Waals surface area contributed by atoms with Crippen molar-refractivity contribution in [3.63, 3.8) is 0 Å². The molecule has 1 atom stereocenters. The molecule has 1 aromatic carbocycles. The molecular formula is C23H35Cl4N3O4. The Morgan fingerprint density at radius 3 is 1.97 bits per heavy atom. The second-order valence-electron chi connectivity index (χ2n) is 8.69. The average molecular weight is 559 g/mol. The van der Waals surface area contributed by atoms with Crippen LogP contribution < -0.4 is 15.1 Å². The van der Waals surface area contributed by atoms with Crippen LogP contribution in [0, 0.1) is 0 Å². The molecule has 0 radical (unpaired) electrons. The fourth-order valence-electron chi connectivity index (χ4n) is 3.50. The van der Waals surface area contributed by atoms with Crippen LogP contribution in [0.1, 0.15) is 32.8 Å². The van der Waals surface area contributed by atoms with Crippen LogP contribution >= 0.6 is 46.4 Å². The highest BCUT2D eigenvalue weighted by Gasteiger charge is 2.24. The van der Waals surface area contributed by atoms with Gasteiger partial charge in [0.1, 0.15) is 5.60 Å². The normalized spacial score (nSPS) is 12.2. The third-order valence-corrected chi connectivity index (χ3v) is 5.47. The number of benzene rings is 1. The molecule has 1 amide bonds. The van der Waals surface area contributed by atoms with Crippen LogP contribution in [0.4, 0.5) is 16.2 Å². The maximum absolute atomic E-state index is 12.4. The quantitative estimate of drug-likeness (QED) is 0.289. The molecule has 0 saturated carbocycles. The largest absolute Gasteiger partial charge is 0.481 e. The Kier molecular flexibility index (Phi) is 14.2. The number of alkyl halides is 4. The summed E-state index contributed by atoms with van der Waals surface area (Å²) in [4.78, 5) is 28.1. The number of carbonyl (C=O) groups is 2. The first kappa shape index (κ1) is 30.8. The lowest BCUT2D eigenvalue weighted by Gasteiger charge is -2.30. The number of nitrogens with zero attached hydrogens (tertiary/aromatic N) is 2. The van der Waals surface area contributed by atoms with E-state index < -0.39 is 23.7 Å². The Morgan fingerprint density at radius 2 is 1.50 bits per heavy atom. The van der Waals surface area contributed by atoms with Crippen LogP contribution in [0.5, 0.6) is 0 Å². The van der Waals surface area contributed by atoms with Gasteiger partial charge in [-0.2, -0.15) is 0 Å². The topological polar surface area (TPSA) is 82.1 Å². The van der Waals surface area contributed by atoms with Gasteiger partial charge in [-0.25, -0.2) is 4.79 Å². The fraction of sp³-hybridized carbons (Fsp3) is 0.652. The van der Waals surface area contributed by atoms with E-state index in [1.807, 2.05) is 18.2 Å². The van der Waals surface area contributed by atoms with Gasteiger partial charge in [-0.3, -0.25) is 4.79 Å². The molecule has 2 N–H and O–H groups in total. The number of halogens is 4. The van der Waals surface area contributed by atoms with Gasteiger partial charge >= 0.3 is 12.1 Å². The third kappa shape index (κ3) is 11.4. The zero-order chi connectivity index (χ0) is 25.7. The zero-order valence-electron chi connectivity index (χ0n) is 20.0. The Labute approximate surface area is 222 Å². The first-order chi connectivity index (χ1) is 16.0. The van der Waals surface area contributed by atoms with Crippen LogP contribution in [0.15, 0.2) is 18.2 Å². The lowest BCUT2D eigenvalue weighted by atomic mass is 9.99.